The van der Waals surface area contributed by atoms with Crippen molar-refractivity contribution >= 4 is 17.3 Å². The van der Waals surface area contributed by atoms with Gasteiger partial charge in [0, 0.05) is 25.6 Å². The third kappa shape index (κ3) is 3.37. The second-order valence-corrected chi connectivity index (χ2v) is 4.95. The van der Waals surface area contributed by atoms with Crippen LogP contribution in [0.1, 0.15) is 25.3 Å². The van der Waals surface area contributed by atoms with Crippen LogP contribution in [0.25, 0.3) is 0 Å². The minimum absolute atomic E-state index is 0.0591. The predicted molar refractivity (Wildman–Crippen MR) is 72.8 cm³/mol. The minimum Gasteiger partial charge on any atom is -0.378 e. The molecule has 0 spiro atoms. The van der Waals surface area contributed by atoms with E-state index in [2.05, 4.69) is 0 Å². The number of nitrogens with zero attached hydrogens (tertiary/aromatic N) is 1. The second-order valence-electron chi connectivity index (χ2n) is 4.68. The van der Waals surface area contributed by atoms with Crippen LogP contribution in [0.3, 0.4) is 0 Å². The van der Waals surface area contributed by atoms with Crippen molar-refractivity contribution in [2.45, 2.75) is 31.7 Å². The SMILES string of the molecule is CCOC1CCN(c2c(F)cc(CCl)cc2F)CC1. The van der Waals surface area contributed by atoms with Crippen molar-refractivity contribution in [2.75, 3.05) is 24.6 Å². The van der Waals surface area contributed by atoms with Crippen LogP contribution in [-0.2, 0) is 10.6 Å². The summed E-state index contributed by atoms with van der Waals surface area (Å²) in [5.74, 6) is -0.961. The first-order valence-corrected chi connectivity index (χ1v) is 7.09. The molecule has 5 heteroatoms. The lowest BCUT2D eigenvalue weighted by molar-refractivity contribution is 0.0457. The maximum absolute atomic E-state index is 14.0. The number of rotatable bonds is 4. The molecule has 106 valence electrons. The molecule has 2 rings (SSSR count). The van der Waals surface area contributed by atoms with E-state index in [0.29, 0.717) is 25.3 Å². The highest BCUT2D eigenvalue weighted by molar-refractivity contribution is 6.17. The van der Waals surface area contributed by atoms with Gasteiger partial charge < -0.3 is 9.64 Å². The lowest BCUT2D eigenvalue weighted by atomic mass is 10.1. The Morgan fingerprint density at radius 2 is 1.84 bits per heavy atom. The number of ether oxygens (including phenoxy) is 1. The molecule has 1 aromatic rings. The van der Waals surface area contributed by atoms with Crippen LogP contribution in [0.5, 0.6) is 0 Å². The van der Waals surface area contributed by atoms with E-state index < -0.39 is 11.6 Å². The largest absolute Gasteiger partial charge is 0.378 e. The highest BCUT2D eigenvalue weighted by Gasteiger charge is 2.24. The summed E-state index contributed by atoms with van der Waals surface area (Å²) < 4.78 is 33.4. The van der Waals surface area contributed by atoms with Crippen LogP contribution in [0, 0.1) is 11.6 Å². The van der Waals surface area contributed by atoms with Crippen molar-refractivity contribution < 1.29 is 13.5 Å². The van der Waals surface area contributed by atoms with E-state index in [1.54, 1.807) is 4.90 Å². The number of piperidine rings is 1. The molecule has 0 N–H and O–H groups in total. The van der Waals surface area contributed by atoms with Crippen molar-refractivity contribution in [3.63, 3.8) is 0 Å². The summed E-state index contributed by atoms with van der Waals surface area (Å²) in [5, 5.41) is 0. The first-order chi connectivity index (χ1) is 9.15. The zero-order valence-corrected chi connectivity index (χ0v) is 11.7. The van der Waals surface area contributed by atoms with Gasteiger partial charge in [0.15, 0.2) is 0 Å². The number of hydrogen-bond acceptors (Lipinski definition) is 2. The Hall–Kier alpha value is -0.870. The van der Waals surface area contributed by atoms with Crippen LogP contribution in [0.2, 0.25) is 0 Å². The molecule has 0 bridgehead atoms. The van der Waals surface area contributed by atoms with E-state index in [-0.39, 0.29) is 17.7 Å². The van der Waals surface area contributed by atoms with Gasteiger partial charge in [-0.1, -0.05) is 0 Å². The summed E-state index contributed by atoms with van der Waals surface area (Å²) in [6.45, 7) is 3.85. The number of halogens is 3. The van der Waals surface area contributed by atoms with Gasteiger partial charge in [-0.2, -0.15) is 0 Å². The molecule has 1 fully saturated rings. The average molecular weight is 290 g/mol. The fourth-order valence-corrected chi connectivity index (χ4v) is 2.63. The molecular weight excluding hydrogens is 272 g/mol. The summed E-state index contributed by atoms with van der Waals surface area (Å²) in [7, 11) is 0. The Labute approximate surface area is 117 Å². The fraction of sp³-hybridized carbons (Fsp3) is 0.571. The molecule has 0 saturated carbocycles. The van der Waals surface area contributed by atoms with Gasteiger partial charge in [0.25, 0.3) is 0 Å². The molecule has 0 aromatic heterocycles. The zero-order valence-electron chi connectivity index (χ0n) is 11.0. The monoisotopic (exact) mass is 289 g/mol. The van der Waals surface area contributed by atoms with E-state index >= 15 is 0 Å². The van der Waals surface area contributed by atoms with Crippen LogP contribution in [0.15, 0.2) is 12.1 Å². The number of anilines is 1. The number of hydrogen-bond donors (Lipinski definition) is 0. The van der Waals surface area contributed by atoms with E-state index in [1.807, 2.05) is 6.92 Å². The topological polar surface area (TPSA) is 12.5 Å². The molecule has 2 nitrogen and oxygen atoms in total. The lowest BCUT2D eigenvalue weighted by Gasteiger charge is -2.33. The minimum atomic E-state index is -0.537. The van der Waals surface area contributed by atoms with Crippen molar-refractivity contribution in [1.82, 2.24) is 0 Å². The Bertz CT molecular complexity index is 410. The average Bonchev–Trinajstić information content (AvgIpc) is 2.40. The van der Waals surface area contributed by atoms with Crippen LogP contribution >= 0.6 is 11.6 Å². The molecule has 0 atom stereocenters. The van der Waals surface area contributed by atoms with Crippen molar-refractivity contribution in [3.05, 3.63) is 29.3 Å². The Morgan fingerprint density at radius 1 is 1.26 bits per heavy atom. The first-order valence-electron chi connectivity index (χ1n) is 6.56. The molecule has 0 unspecified atom stereocenters. The Balaban J connectivity index is 2.11. The highest BCUT2D eigenvalue weighted by atomic mass is 35.5. The van der Waals surface area contributed by atoms with E-state index in [0.717, 1.165) is 12.8 Å². The second kappa shape index (κ2) is 6.53. The van der Waals surface area contributed by atoms with Crippen LogP contribution in [0.4, 0.5) is 14.5 Å². The van der Waals surface area contributed by atoms with Gasteiger partial charge >= 0.3 is 0 Å². The van der Waals surface area contributed by atoms with E-state index in [9.17, 15) is 8.78 Å². The maximum Gasteiger partial charge on any atom is 0.149 e. The third-order valence-electron chi connectivity index (χ3n) is 3.39. The van der Waals surface area contributed by atoms with Gasteiger partial charge in [-0.25, -0.2) is 8.78 Å². The molecule has 1 aliphatic rings. The van der Waals surface area contributed by atoms with Crippen molar-refractivity contribution in [1.29, 1.82) is 0 Å². The zero-order chi connectivity index (χ0) is 13.8. The molecular formula is C14H18ClF2NO. The van der Waals surface area contributed by atoms with Gasteiger partial charge in [0.2, 0.25) is 0 Å². The molecule has 19 heavy (non-hydrogen) atoms. The summed E-state index contributed by atoms with van der Waals surface area (Å²) in [6, 6.07) is 2.61. The van der Waals surface area contributed by atoms with Crippen molar-refractivity contribution in [3.8, 4) is 0 Å². The quantitative estimate of drug-likeness (QED) is 0.784. The molecule has 0 radical (unpaired) electrons. The summed E-state index contributed by atoms with van der Waals surface area (Å²) >= 11 is 5.60. The Kier molecular flexibility index (Phi) is 4.99. The fourth-order valence-electron chi connectivity index (χ4n) is 2.48. The highest BCUT2D eigenvalue weighted by Crippen LogP contribution is 2.28. The summed E-state index contributed by atoms with van der Waals surface area (Å²) in [4.78, 5) is 1.75. The Morgan fingerprint density at radius 3 is 2.32 bits per heavy atom. The van der Waals surface area contributed by atoms with E-state index in [4.69, 9.17) is 16.3 Å². The molecule has 1 aromatic carbocycles. The smallest absolute Gasteiger partial charge is 0.149 e. The third-order valence-corrected chi connectivity index (χ3v) is 3.70. The summed E-state index contributed by atoms with van der Waals surface area (Å²) in [5.41, 5.74) is 0.522. The molecule has 0 amide bonds. The van der Waals surface area contributed by atoms with E-state index in [1.165, 1.54) is 12.1 Å². The predicted octanol–water partition coefficient (Wildman–Crippen LogP) is 3.71. The van der Waals surface area contributed by atoms with Gasteiger partial charge in [-0.3, -0.25) is 0 Å². The van der Waals surface area contributed by atoms with Gasteiger partial charge in [0.1, 0.15) is 17.3 Å². The lowest BCUT2D eigenvalue weighted by Crippen LogP contribution is -2.38. The standard InChI is InChI=1S/C14H18ClF2NO/c1-2-19-11-3-5-18(6-4-11)14-12(16)7-10(9-15)8-13(14)17/h7-8,11H,2-6,9H2,1H3. The van der Waals surface area contributed by atoms with Gasteiger partial charge in [-0.15, -0.1) is 11.6 Å². The number of alkyl halides is 1. The van der Waals surface area contributed by atoms with Crippen LogP contribution < -0.4 is 4.90 Å². The van der Waals surface area contributed by atoms with Gasteiger partial charge in [0.05, 0.1) is 6.10 Å². The maximum atomic E-state index is 14.0. The number of benzene rings is 1. The molecule has 1 heterocycles. The van der Waals surface area contributed by atoms with Crippen LogP contribution in [-0.4, -0.2) is 25.8 Å². The van der Waals surface area contributed by atoms with Gasteiger partial charge in [-0.05, 0) is 37.5 Å². The molecule has 1 aliphatic heterocycles. The van der Waals surface area contributed by atoms with Crippen molar-refractivity contribution in [2.24, 2.45) is 0 Å². The molecule has 1 saturated heterocycles. The molecule has 0 aliphatic carbocycles. The normalized spacial score (nSPS) is 16.9. The summed E-state index contributed by atoms with van der Waals surface area (Å²) in [6.07, 6.45) is 1.79. The first kappa shape index (κ1) is 14.5.